The third-order valence-electron chi connectivity index (χ3n) is 4.21. The maximum atomic E-state index is 12.1. The molecule has 2 aromatic heterocycles. The molecule has 144 valence electrons. The van der Waals surface area contributed by atoms with E-state index >= 15 is 0 Å². The van der Waals surface area contributed by atoms with Gasteiger partial charge in [0.25, 0.3) is 5.19 Å². The van der Waals surface area contributed by atoms with Gasteiger partial charge in [-0.05, 0) is 29.0 Å². The Morgan fingerprint density at radius 1 is 1.18 bits per heavy atom. The summed E-state index contributed by atoms with van der Waals surface area (Å²) in [6.45, 7) is 1.48. The van der Waals surface area contributed by atoms with Crippen LogP contribution in [0.15, 0.2) is 42.5 Å². The van der Waals surface area contributed by atoms with Crippen LogP contribution in [0.25, 0.3) is 0 Å². The Morgan fingerprint density at radius 3 is 2.82 bits per heavy atom. The van der Waals surface area contributed by atoms with Crippen molar-refractivity contribution in [2.45, 2.75) is 18.9 Å². The van der Waals surface area contributed by atoms with E-state index in [0.717, 1.165) is 24.3 Å². The number of hydrogen-bond donors (Lipinski definition) is 1. The number of amides is 1. The highest BCUT2D eigenvalue weighted by atomic mass is 35.5. The minimum absolute atomic E-state index is 0.0294. The predicted octanol–water partition coefficient (Wildman–Crippen LogP) is 2.82. The van der Waals surface area contributed by atoms with E-state index in [9.17, 15) is 4.79 Å². The van der Waals surface area contributed by atoms with Crippen molar-refractivity contribution in [3.05, 3.63) is 53.2 Å². The van der Waals surface area contributed by atoms with Crippen LogP contribution >= 0.6 is 22.9 Å². The second-order valence-electron chi connectivity index (χ2n) is 6.27. The van der Waals surface area contributed by atoms with Gasteiger partial charge in [0.2, 0.25) is 11.0 Å². The highest BCUT2D eigenvalue weighted by molar-refractivity contribution is 7.17. The molecule has 0 aliphatic carbocycles. The molecular weight excluding hydrogens is 400 g/mol. The molecule has 1 atom stereocenters. The van der Waals surface area contributed by atoms with Gasteiger partial charge in [0.15, 0.2) is 11.0 Å². The molecule has 8 nitrogen and oxygen atoms in total. The number of rotatable bonds is 6. The second-order valence-corrected chi connectivity index (χ2v) is 7.60. The van der Waals surface area contributed by atoms with E-state index < -0.39 is 0 Å². The Balaban J connectivity index is 1.29. The van der Waals surface area contributed by atoms with Gasteiger partial charge in [0, 0.05) is 13.0 Å². The molecule has 1 aromatic carbocycles. The summed E-state index contributed by atoms with van der Waals surface area (Å²) in [5.41, 5.74) is 0.942. The summed E-state index contributed by atoms with van der Waals surface area (Å²) in [4.78, 5) is 14.2. The van der Waals surface area contributed by atoms with Crippen LogP contribution in [-0.2, 0) is 11.2 Å². The summed E-state index contributed by atoms with van der Waals surface area (Å²) in [7, 11) is 0. The normalized spacial score (nSPS) is 16.2. The third kappa shape index (κ3) is 4.73. The standard InChI is InChI=1S/C18H17ClN6O2S/c19-14-6-7-15(22-21-14)25-9-8-13(11-25)27-18-24-23-17(28-18)20-16(26)10-12-4-2-1-3-5-12/h1-7,13H,8-11H2,(H,20,23,26)/t13-/m1/s1. The topological polar surface area (TPSA) is 93.1 Å². The maximum absolute atomic E-state index is 12.1. The lowest BCUT2D eigenvalue weighted by atomic mass is 10.1. The van der Waals surface area contributed by atoms with Crippen LogP contribution in [-0.4, -0.2) is 45.5 Å². The number of hydrogen-bond acceptors (Lipinski definition) is 8. The first-order valence-corrected chi connectivity index (χ1v) is 9.93. The number of carbonyl (C=O) groups is 1. The van der Waals surface area contributed by atoms with E-state index in [2.05, 4.69) is 30.6 Å². The van der Waals surface area contributed by atoms with Gasteiger partial charge in [0.05, 0.1) is 13.0 Å². The zero-order chi connectivity index (χ0) is 19.3. The average molecular weight is 417 g/mol. The van der Waals surface area contributed by atoms with Crippen LogP contribution in [0.4, 0.5) is 10.9 Å². The van der Waals surface area contributed by atoms with E-state index in [1.54, 1.807) is 6.07 Å². The molecule has 1 N–H and O–H groups in total. The Bertz CT molecular complexity index is 937. The maximum Gasteiger partial charge on any atom is 0.296 e. The summed E-state index contributed by atoms with van der Waals surface area (Å²) in [6.07, 6.45) is 1.09. The minimum atomic E-state index is -0.137. The lowest BCUT2D eigenvalue weighted by Gasteiger charge is -2.16. The molecule has 4 rings (SSSR count). The Hall–Kier alpha value is -2.78. The summed E-state index contributed by atoms with van der Waals surface area (Å²) in [6, 6.07) is 13.1. The van der Waals surface area contributed by atoms with Crippen molar-refractivity contribution in [3.8, 4) is 5.19 Å². The first kappa shape index (κ1) is 18.6. The fourth-order valence-electron chi connectivity index (χ4n) is 2.91. The predicted molar refractivity (Wildman–Crippen MR) is 107 cm³/mol. The average Bonchev–Trinajstić information content (AvgIpc) is 3.33. The molecule has 0 saturated carbocycles. The lowest BCUT2D eigenvalue weighted by molar-refractivity contribution is -0.115. The van der Waals surface area contributed by atoms with Gasteiger partial charge in [-0.25, -0.2) is 0 Å². The molecule has 0 radical (unpaired) electrons. The van der Waals surface area contributed by atoms with Crippen LogP contribution in [0, 0.1) is 0 Å². The monoisotopic (exact) mass is 416 g/mol. The highest BCUT2D eigenvalue weighted by Crippen LogP contribution is 2.27. The first-order valence-electron chi connectivity index (χ1n) is 8.74. The number of aromatic nitrogens is 4. The molecule has 0 spiro atoms. The van der Waals surface area contributed by atoms with Crippen LogP contribution in [0.5, 0.6) is 5.19 Å². The van der Waals surface area contributed by atoms with E-state index in [-0.39, 0.29) is 18.4 Å². The molecule has 28 heavy (non-hydrogen) atoms. The zero-order valence-corrected chi connectivity index (χ0v) is 16.4. The van der Waals surface area contributed by atoms with Crippen molar-refractivity contribution >= 4 is 39.8 Å². The van der Waals surface area contributed by atoms with Gasteiger partial charge in [-0.3, -0.25) is 4.79 Å². The molecular formula is C18H17ClN6O2S. The molecule has 1 amide bonds. The molecule has 3 heterocycles. The Morgan fingerprint density at radius 2 is 2.04 bits per heavy atom. The van der Waals surface area contributed by atoms with Gasteiger partial charge in [0.1, 0.15) is 6.10 Å². The quantitative estimate of drug-likeness (QED) is 0.660. The summed E-state index contributed by atoms with van der Waals surface area (Å²) in [5, 5.41) is 19.9. The molecule has 0 unspecified atom stereocenters. The smallest absolute Gasteiger partial charge is 0.296 e. The summed E-state index contributed by atoms with van der Waals surface area (Å²) in [5.74, 6) is 0.629. The van der Waals surface area contributed by atoms with Crippen molar-refractivity contribution in [1.29, 1.82) is 0 Å². The van der Waals surface area contributed by atoms with Gasteiger partial charge >= 0.3 is 0 Å². The number of benzene rings is 1. The van der Waals surface area contributed by atoms with E-state index in [1.807, 2.05) is 36.4 Å². The first-order chi connectivity index (χ1) is 13.7. The number of nitrogens with zero attached hydrogens (tertiary/aromatic N) is 5. The SMILES string of the molecule is O=C(Cc1ccccc1)Nc1nnc(O[C@@H]2CCN(c3ccc(Cl)nn3)C2)s1. The molecule has 0 bridgehead atoms. The van der Waals surface area contributed by atoms with E-state index in [1.165, 1.54) is 11.3 Å². The fourth-order valence-corrected chi connectivity index (χ4v) is 3.68. The van der Waals surface area contributed by atoms with Gasteiger partial charge < -0.3 is 15.0 Å². The fraction of sp³-hybridized carbons (Fsp3) is 0.278. The third-order valence-corrected chi connectivity index (χ3v) is 5.15. The lowest BCUT2D eigenvalue weighted by Crippen LogP contribution is -2.25. The molecule has 3 aromatic rings. The molecule has 1 fully saturated rings. The highest BCUT2D eigenvalue weighted by Gasteiger charge is 2.26. The van der Waals surface area contributed by atoms with Gasteiger partial charge in [-0.2, -0.15) is 0 Å². The van der Waals surface area contributed by atoms with Crippen molar-refractivity contribution < 1.29 is 9.53 Å². The number of anilines is 2. The molecule has 1 saturated heterocycles. The number of ether oxygens (including phenoxy) is 1. The molecule has 10 heteroatoms. The van der Waals surface area contributed by atoms with Gasteiger partial charge in [-0.15, -0.1) is 15.3 Å². The van der Waals surface area contributed by atoms with Crippen molar-refractivity contribution in [2.75, 3.05) is 23.3 Å². The van der Waals surface area contributed by atoms with Gasteiger partial charge in [-0.1, -0.05) is 47.0 Å². The van der Waals surface area contributed by atoms with Crippen LogP contribution in [0.1, 0.15) is 12.0 Å². The van der Waals surface area contributed by atoms with E-state index in [4.69, 9.17) is 16.3 Å². The molecule has 1 aliphatic rings. The molecule has 1 aliphatic heterocycles. The Labute approximate surface area is 170 Å². The zero-order valence-electron chi connectivity index (χ0n) is 14.8. The van der Waals surface area contributed by atoms with Crippen molar-refractivity contribution in [1.82, 2.24) is 20.4 Å². The van der Waals surface area contributed by atoms with Crippen molar-refractivity contribution in [3.63, 3.8) is 0 Å². The summed E-state index contributed by atoms with van der Waals surface area (Å²) < 4.78 is 5.91. The van der Waals surface area contributed by atoms with E-state index in [0.29, 0.717) is 22.0 Å². The van der Waals surface area contributed by atoms with Crippen LogP contribution < -0.4 is 15.0 Å². The van der Waals surface area contributed by atoms with Crippen molar-refractivity contribution in [2.24, 2.45) is 0 Å². The number of carbonyl (C=O) groups excluding carboxylic acids is 1. The summed E-state index contributed by atoms with van der Waals surface area (Å²) >= 11 is 6.99. The second kappa shape index (κ2) is 8.49. The number of nitrogens with one attached hydrogen (secondary N) is 1. The largest absolute Gasteiger partial charge is 0.464 e. The number of halogens is 1. The minimum Gasteiger partial charge on any atom is -0.464 e. The van der Waals surface area contributed by atoms with Crippen LogP contribution in [0.3, 0.4) is 0 Å². The van der Waals surface area contributed by atoms with Crippen LogP contribution in [0.2, 0.25) is 5.15 Å². The Kier molecular flexibility index (Phi) is 5.63.